The van der Waals surface area contributed by atoms with E-state index in [1.54, 1.807) is 0 Å². The molecule has 4 nitrogen and oxygen atoms in total. The third-order valence-corrected chi connectivity index (χ3v) is 1.93. The van der Waals surface area contributed by atoms with Gasteiger partial charge in [-0.1, -0.05) is 20.8 Å². The Morgan fingerprint density at radius 1 is 1.33 bits per heavy atom. The summed E-state index contributed by atoms with van der Waals surface area (Å²) in [5.41, 5.74) is 5.47. The van der Waals surface area contributed by atoms with Crippen molar-refractivity contribution in [2.24, 2.45) is 11.1 Å². The third-order valence-electron chi connectivity index (χ3n) is 1.93. The van der Waals surface area contributed by atoms with E-state index in [9.17, 15) is 4.79 Å². The molecule has 0 heterocycles. The zero-order valence-corrected chi connectivity index (χ0v) is 10.1. The minimum absolute atomic E-state index is 0.0984. The van der Waals surface area contributed by atoms with Gasteiger partial charge in [-0.2, -0.15) is 0 Å². The summed E-state index contributed by atoms with van der Waals surface area (Å²) in [5.74, 6) is 0.0984. The van der Waals surface area contributed by atoms with Gasteiger partial charge in [-0.05, 0) is 11.8 Å². The second-order valence-electron chi connectivity index (χ2n) is 4.81. The monoisotopic (exact) mass is 216 g/mol. The van der Waals surface area contributed by atoms with Crippen LogP contribution in [0.1, 0.15) is 33.6 Å². The van der Waals surface area contributed by atoms with Gasteiger partial charge in [-0.15, -0.1) is 0 Å². The molecule has 0 aliphatic rings. The molecule has 0 bridgehead atoms. The molecular weight excluding hydrogens is 192 g/mol. The molecule has 4 heteroatoms. The Bertz CT molecular complexity index is 176. The Morgan fingerprint density at radius 3 is 2.53 bits per heavy atom. The number of carbonyl (C=O) groups excluding carboxylic acids is 1. The number of ether oxygens (including phenoxy) is 1. The fourth-order valence-corrected chi connectivity index (χ4v) is 1.02. The maximum Gasteiger partial charge on any atom is 0.220 e. The summed E-state index contributed by atoms with van der Waals surface area (Å²) in [6.07, 6.45) is 1.49. The molecule has 0 aromatic rings. The normalized spacial score (nSPS) is 11.5. The Hall–Kier alpha value is -0.610. The second-order valence-corrected chi connectivity index (χ2v) is 4.81. The van der Waals surface area contributed by atoms with Crippen molar-refractivity contribution in [1.82, 2.24) is 5.32 Å². The molecule has 3 N–H and O–H groups in total. The maximum atomic E-state index is 11.3. The molecule has 0 aromatic heterocycles. The number of amides is 1. The van der Waals surface area contributed by atoms with Crippen LogP contribution in [0.2, 0.25) is 0 Å². The van der Waals surface area contributed by atoms with Gasteiger partial charge in [0.25, 0.3) is 0 Å². The van der Waals surface area contributed by atoms with Crippen molar-refractivity contribution in [3.8, 4) is 0 Å². The Morgan fingerprint density at radius 2 is 2.00 bits per heavy atom. The standard InChI is InChI=1S/C11H24N2O2/c1-11(2,3)5-4-10(14)13-7-9-15-8-6-12/h4-9,12H2,1-3H3,(H,13,14). The molecule has 0 aliphatic carbocycles. The number of carbonyl (C=O) groups is 1. The fourth-order valence-electron chi connectivity index (χ4n) is 1.02. The highest BCUT2D eigenvalue weighted by molar-refractivity contribution is 5.75. The highest BCUT2D eigenvalue weighted by Crippen LogP contribution is 2.19. The number of rotatable bonds is 7. The van der Waals surface area contributed by atoms with Gasteiger partial charge in [-0.25, -0.2) is 0 Å². The largest absolute Gasteiger partial charge is 0.378 e. The molecule has 0 saturated carbocycles. The first-order chi connectivity index (χ1) is 6.95. The van der Waals surface area contributed by atoms with Crippen LogP contribution in [0.5, 0.6) is 0 Å². The predicted octanol–water partition coefficient (Wildman–Crippen LogP) is 0.904. The molecule has 0 spiro atoms. The SMILES string of the molecule is CC(C)(C)CCC(=O)NCCOCCN. The Labute approximate surface area is 92.6 Å². The maximum absolute atomic E-state index is 11.3. The van der Waals surface area contributed by atoms with Crippen molar-refractivity contribution < 1.29 is 9.53 Å². The lowest BCUT2D eigenvalue weighted by atomic mass is 9.90. The summed E-state index contributed by atoms with van der Waals surface area (Å²) < 4.78 is 5.14. The van der Waals surface area contributed by atoms with Crippen LogP contribution in [-0.2, 0) is 9.53 Å². The lowest BCUT2D eigenvalue weighted by Crippen LogP contribution is -2.28. The Kier molecular flexibility index (Phi) is 7.34. The molecule has 0 rings (SSSR count). The molecule has 0 unspecified atom stereocenters. The molecule has 1 amide bonds. The lowest BCUT2D eigenvalue weighted by molar-refractivity contribution is -0.121. The predicted molar refractivity (Wildman–Crippen MR) is 61.6 cm³/mol. The molecule has 90 valence electrons. The molecule has 0 aromatic carbocycles. The van der Waals surface area contributed by atoms with Crippen LogP contribution in [0.15, 0.2) is 0 Å². The molecular formula is C11H24N2O2. The van der Waals surface area contributed by atoms with Gasteiger partial charge in [0.2, 0.25) is 5.91 Å². The summed E-state index contributed by atoms with van der Waals surface area (Å²) >= 11 is 0. The summed E-state index contributed by atoms with van der Waals surface area (Å²) in [5, 5.41) is 2.81. The van der Waals surface area contributed by atoms with Crippen LogP contribution < -0.4 is 11.1 Å². The molecule has 15 heavy (non-hydrogen) atoms. The van der Waals surface area contributed by atoms with Gasteiger partial charge in [0.1, 0.15) is 0 Å². The lowest BCUT2D eigenvalue weighted by Gasteiger charge is -2.17. The first-order valence-electron chi connectivity index (χ1n) is 5.50. The number of hydrogen-bond donors (Lipinski definition) is 2. The van der Waals surface area contributed by atoms with E-state index in [4.69, 9.17) is 10.5 Å². The molecule has 0 fully saturated rings. The van der Waals surface area contributed by atoms with Crippen LogP contribution in [0.4, 0.5) is 0 Å². The summed E-state index contributed by atoms with van der Waals surface area (Å²) in [7, 11) is 0. The highest BCUT2D eigenvalue weighted by atomic mass is 16.5. The third kappa shape index (κ3) is 11.3. The highest BCUT2D eigenvalue weighted by Gasteiger charge is 2.12. The van der Waals surface area contributed by atoms with Crippen LogP contribution in [-0.4, -0.2) is 32.2 Å². The van der Waals surface area contributed by atoms with Crippen LogP contribution in [0.3, 0.4) is 0 Å². The van der Waals surface area contributed by atoms with Crippen LogP contribution in [0.25, 0.3) is 0 Å². The quantitative estimate of drug-likeness (QED) is 0.622. The van der Waals surface area contributed by atoms with E-state index in [-0.39, 0.29) is 11.3 Å². The van der Waals surface area contributed by atoms with Crippen molar-refractivity contribution in [2.75, 3.05) is 26.3 Å². The molecule has 0 radical (unpaired) electrons. The molecule has 0 atom stereocenters. The van der Waals surface area contributed by atoms with E-state index in [0.717, 1.165) is 6.42 Å². The van der Waals surface area contributed by atoms with E-state index in [0.29, 0.717) is 32.7 Å². The van der Waals surface area contributed by atoms with E-state index in [2.05, 4.69) is 26.1 Å². The van der Waals surface area contributed by atoms with E-state index < -0.39 is 0 Å². The number of hydrogen-bond acceptors (Lipinski definition) is 3. The smallest absolute Gasteiger partial charge is 0.220 e. The Balaban J connectivity index is 3.34. The zero-order chi connectivity index (χ0) is 11.7. The average Bonchev–Trinajstić information content (AvgIpc) is 2.13. The van der Waals surface area contributed by atoms with Gasteiger partial charge < -0.3 is 15.8 Å². The first-order valence-corrected chi connectivity index (χ1v) is 5.50. The first kappa shape index (κ1) is 14.4. The summed E-state index contributed by atoms with van der Waals surface area (Å²) in [6.45, 7) is 8.58. The number of nitrogens with two attached hydrogens (primary N) is 1. The van der Waals surface area contributed by atoms with E-state index in [1.165, 1.54) is 0 Å². The topological polar surface area (TPSA) is 64.3 Å². The van der Waals surface area contributed by atoms with Crippen molar-refractivity contribution in [3.05, 3.63) is 0 Å². The van der Waals surface area contributed by atoms with Gasteiger partial charge in [-0.3, -0.25) is 4.79 Å². The minimum Gasteiger partial charge on any atom is -0.378 e. The summed E-state index contributed by atoms with van der Waals surface area (Å²) in [4.78, 5) is 11.3. The number of nitrogens with one attached hydrogen (secondary N) is 1. The zero-order valence-electron chi connectivity index (χ0n) is 10.1. The van der Waals surface area contributed by atoms with Gasteiger partial charge in [0, 0.05) is 19.5 Å². The van der Waals surface area contributed by atoms with Crippen molar-refractivity contribution in [2.45, 2.75) is 33.6 Å². The molecule has 0 aliphatic heterocycles. The van der Waals surface area contributed by atoms with Crippen molar-refractivity contribution in [3.63, 3.8) is 0 Å². The van der Waals surface area contributed by atoms with Crippen molar-refractivity contribution >= 4 is 5.91 Å². The van der Waals surface area contributed by atoms with E-state index >= 15 is 0 Å². The van der Waals surface area contributed by atoms with E-state index in [1.807, 2.05) is 0 Å². The van der Waals surface area contributed by atoms with Crippen LogP contribution in [0, 0.1) is 5.41 Å². The molecule has 0 saturated heterocycles. The van der Waals surface area contributed by atoms with Gasteiger partial charge >= 0.3 is 0 Å². The second kappa shape index (κ2) is 7.65. The van der Waals surface area contributed by atoms with Crippen LogP contribution >= 0.6 is 0 Å². The average molecular weight is 216 g/mol. The van der Waals surface area contributed by atoms with Gasteiger partial charge in [0.05, 0.1) is 13.2 Å². The van der Waals surface area contributed by atoms with Crippen molar-refractivity contribution in [1.29, 1.82) is 0 Å². The fraction of sp³-hybridized carbons (Fsp3) is 0.909. The van der Waals surface area contributed by atoms with Gasteiger partial charge in [0.15, 0.2) is 0 Å². The minimum atomic E-state index is 0.0984. The summed E-state index contributed by atoms with van der Waals surface area (Å²) in [6, 6.07) is 0.